The first kappa shape index (κ1) is 24.7. The summed E-state index contributed by atoms with van der Waals surface area (Å²) in [4.78, 5) is 17.8. The fourth-order valence-electron chi connectivity index (χ4n) is 3.64. The molecule has 1 N–H and O–H groups in total. The van der Waals surface area contributed by atoms with Crippen molar-refractivity contribution in [1.29, 1.82) is 0 Å². The molecule has 1 aromatic carbocycles. The zero-order valence-corrected chi connectivity index (χ0v) is 19.0. The van der Waals surface area contributed by atoms with Gasteiger partial charge in [-0.15, -0.1) is 0 Å². The third-order valence-corrected chi connectivity index (χ3v) is 6.42. The van der Waals surface area contributed by atoms with Crippen molar-refractivity contribution >= 4 is 28.8 Å². The summed E-state index contributed by atoms with van der Waals surface area (Å²) in [6.45, 7) is 1.04. The van der Waals surface area contributed by atoms with E-state index in [0.717, 1.165) is 0 Å². The number of methoxy groups -OCH3 is 1. The third-order valence-electron chi connectivity index (χ3n) is 5.41. The van der Waals surface area contributed by atoms with Crippen LogP contribution in [0.1, 0.15) is 40.5 Å². The Labute approximate surface area is 192 Å². The summed E-state index contributed by atoms with van der Waals surface area (Å²) in [5.74, 6) is -1.09. The van der Waals surface area contributed by atoms with E-state index in [1.807, 2.05) is 4.90 Å². The van der Waals surface area contributed by atoms with Gasteiger partial charge < -0.3 is 4.74 Å². The van der Waals surface area contributed by atoms with Crippen LogP contribution in [0.2, 0.25) is 5.02 Å². The van der Waals surface area contributed by atoms with Gasteiger partial charge >= 0.3 is 5.97 Å². The van der Waals surface area contributed by atoms with Crippen molar-refractivity contribution in [2.75, 3.05) is 26.7 Å². The number of halogens is 3. The summed E-state index contributed by atoms with van der Waals surface area (Å²) in [5.41, 5.74) is 1.40. The number of aromatic nitrogens is 1. The first-order valence-corrected chi connectivity index (χ1v) is 11.4. The fourth-order valence-corrected chi connectivity index (χ4v) is 4.35. The van der Waals surface area contributed by atoms with E-state index in [2.05, 4.69) is 9.72 Å². The quantitative estimate of drug-likeness (QED) is 0.451. The van der Waals surface area contributed by atoms with Crippen molar-refractivity contribution < 1.29 is 27.1 Å². The Kier molecular flexibility index (Phi) is 8.66. The fraction of sp³-hybridized carbons (Fsp3) is 0.429. The number of carbonyl (C=O) groups is 1. The molecular weight excluding hydrogens is 464 g/mol. The monoisotopic (exact) mass is 487 g/mol. The van der Waals surface area contributed by atoms with Crippen LogP contribution in [0.4, 0.5) is 8.78 Å². The minimum Gasteiger partial charge on any atom is -0.465 e. The van der Waals surface area contributed by atoms with Crippen LogP contribution in [0.25, 0.3) is 0 Å². The number of pyridine rings is 1. The zero-order chi connectivity index (χ0) is 23.3. The number of alkyl halides is 1. The summed E-state index contributed by atoms with van der Waals surface area (Å²) in [5, 5.41) is -0.0513. The van der Waals surface area contributed by atoms with Gasteiger partial charge in [-0.25, -0.2) is 17.8 Å². The number of benzene rings is 1. The highest BCUT2D eigenvalue weighted by Crippen LogP contribution is 2.30. The lowest BCUT2D eigenvalue weighted by atomic mass is 10.0. The van der Waals surface area contributed by atoms with E-state index in [0.29, 0.717) is 37.2 Å². The number of likely N-dealkylation sites (tertiary alicyclic amines) is 1. The number of rotatable bonds is 8. The third kappa shape index (κ3) is 6.29. The largest absolute Gasteiger partial charge is 0.465 e. The molecule has 0 radical (unpaired) electrons. The maximum absolute atomic E-state index is 13.7. The van der Waals surface area contributed by atoms with Gasteiger partial charge in [-0.05, 0) is 42.7 Å². The first-order valence-electron chi connectivity index (χ1n) is 10.0. The smallest absolute Gasteiger partial charge is 0.339 e. The summed E-state index contributed by atoms with van der Waals surface area (Å²) in [7, 11) is 1.26. The van der Waals surface area contributed by atoms with E-state index >= 15 is 0 Å². The van der Waals surface area contributed by atoms with Gasteiger partial charge in [-0.3, -0.25) is 14.4 Å². The number of piperidine rings is 1. The summed E-state index contributed by atoms with van der Waals surface area (Å²) >= 11 is 3.64. The Balaban J connectivity index is 1.83. The van der Waals surface area contributed by atoms with E-state index in [1.165, 1.54) is 35.8 Å². The lowest BCUT2D eigenvalue weighted by Gasteiger charge is -2.37. The van der Waals surface area contributed by atoms with Gasteiger partial charge in [0, 0.05) is 31.9 Å². The molecule has 1 aliphatic rings. The molecule has 1 fully saturated rings. The molecule has 0 saturated carbocycles. The van der Waals surface area contributed by atoms with Crippen molar-refractivity contribution in [3.8, 4) is 0 Å². The van der Waals surface area contributed by atoms with Gasteiger partial charge in [-0.2, -0.15) is 4.31 Å². The molecule has 2 heterocycles. The van der Waals surface area contributed by atoms with Crippen LogP contribution in [0, 0.1) is 5.82 Å². The Morgan fingerprint density at radius 1 is 1.38 bits per heavy atom. The summed E-state index contributed by atoms with van der Waals surface area (Å²) < 4.78 is 55.4. The number of carbonyl (C=O) groups excluding carboxylic acids is 1. The van der Waals surface area contributed by atoms with Gasteiger partial charge in [0.05, 0.1) is 29.9 Å². The highest BCUT2D eigenvalue weighted by Gasteiger charge is 2.29. The number of hydrogen-bond acceptors (Lipinski definition) is 5. The molecule has 0 bridgehead atoms. The summed E-state index contributed by atoms with van der Waals surface area (Å²) in [6.07, 6.45) is 1.15. The highest BCUT2D eigenvalue weighted by molar-refractivity contribution is 7.76. The van der Waals surface area contributed by atoms with Gasteiger partial charge in [0.15, 0.2) is 0 Å². The van der Waals surface area contributed by atoms with E-state index < -0.39 is 35.3 Å². The molecule has 0 aliphatic carbocycles. The van der Waals surface area contributed by atoms with Crippen LogP contribution in [-0.2, 0) is 22.5 Å². The average Bonchev–Trinajstić information content (AvgIpc) is 2.79. The summed E-state index contributed by atoms with van der Waals surface area (Å²) in [6, 6.07) is 7.01. The maximum Gasteiger partial charge on any atom is 0.339 e. The molecule has 1 aromatic heterocycles. The van der Waals surface area contributed by atoms with E-state index in [1.54, 1.807) is 12.1 Å². The van der Waals surface area contributed by atoms with Crippen LogP contribution in [-0.4, -0.2) is 61.8 Å². The number of hydrogen-bond donors (Lipinski definition) is 1. The highest BCUT2D eigenvalue weighted by atomic mass is 35.5. The van der Waals surface area contributed by atoms with Crippen molar-refractivity contribution in [1.82, 2.24) is 14.2 Å². The topological polar surface area (TPSA) is 83.0 Å². The number of esters is 1. The molecule has 1 aliphatic heterocycles. The predicted molar refractivity (Wildman–Crippen MR) is 117 cm³/mol. The zero-order valence-electron chi connectivity index (χ0n) is 17.4. The predicted octanol–water partition coefficient (Wildman–Crippen LogP) is 3.77. The second-order valence-electron chi connectivity index (χ2n) is 7.48. The van der Waals surface area contributed by atoms with Crippen LogP contribution >= 0.6 is 11.6 Å². The Morgan fingerprint density at radius 2 is 2.09 bits per heavy atom. The van der Waals surface area contributed by atoms with Crippen LogP contribution in [0.5, 0.6) is 0 Å². The van der Waals surface area contributed by atoms with E-state index in [9.17, 15) is 22.3 Å². The molecule has 1 saturated heterocycles. The number of nitrogens with zero attached hydrogens (tertiary/aromatic N) is 3. The molecule has 7 nitrogen and oxygen atoms in total. The first-order chi connectivity index (χ1) is 15.3. The van der Waals surface area contributed by atoms with Gasteiger partial charge in [0.2, 0.25) is 11.3 Å². The SMILES string of the molecule is COC(=O)c1ccc(CN(CC(c2ccc(F)c(Cl)c2)N2CCC(F)CC2)S(=O)O)nc1. The van der Waals surface area contributed by atoms with E-state index in [-0.39, 0.29) is 23.7 Å². The maximum atomic E-state index is 13.7. The minimum atomic E-state index is -2.34. The Morgan fingerprint density at radius 3 is 2.66 bits per heavy atom. The molecule has 11 heteroatoms. The van der Waals surface area contributed by atoms with Gasteiger partial charge in [-0.1, -0.05) is 17.7 Å². The van der Waals surface area contributed by atoms with Crippen LogP contribution < -0.4 is 0 Å². The molecule has 174 valence electrons. The van der Waals surface area contributed by atoms with Crippen LogP contribution in [0.15, 0.2) is 36.5 Å². The molecule has 2 atom stereocenters. The minimum absolute atomic E-state index is 0.0234. The van der Waals surface area contributed by atoms with Gasteiger partial charge in [0.25, 0.3) is 0 Å². The average molecular weight is 488 g/mol. The normalized spacial score (nSPS) is 17.3. The number of ether oxygens (including phenoxy) is 1. The lowest BCUT2D eigenvalue weighted by molar-refractivity contribution is 0.0600. The molecule has 2 unspecified atom stereocenters. The molecule has 2 aromatic rings. The Hall–Kier alpha value is -1.98. The molecule has 0 amide bonds. The van der Waals surface area contributed by atoms with Crippen molar-refractivity contribution in [2.45, 2.75) is 31.6 Å². The van der Waals surface area contributed by atoms with Gasteiger partial charge in [0.1, 0.15) is 12.0 Å². The lowest BCUT2D eigenvalue weighted by Crippen LogP contribution is -2.43. The van der Waals surface area contributed by atoms with E-state index in [4.69, 9.17) is 11.6 Å². The molecule has 0 spiro atoms. The van der Waals surface area contributed by atoms with Crippen molar-refractivity contribution in [3.63, 3.8) is 0 Å². The van der Waals surface area contributed by atoms with Crippen molar-refractivity contribution in [3.05, 3.63) is 64.2 Å². The van der Waals surface area contributed by atoms with Crippen molar-refractivity contribution in [2.24, 2.45) is 0 Å². The molecule has 32 heavy (non-hydrogen) atoms. The molecular formula is C21H24ClF2N3O4S. The second kappa shape index (κ2) is 11.2. The van der Waals surface area contributed by atoms with Crippen LogP contribution in [0.3, 0.4) is 0 Å². The second-order valence-corrected chi connectivity index (χ2v) is 8.87. The Bertz CT molecular complexity index is 959. The molecule has 3 rings (SSSR count). The standard InChI is InChI=1S/C21H24ClF2N3O4S/c1-31-21(28)15-2-4-17(25-11-15)12-27(32(29)30)13-20(26-8-6-16(23)7-9-26)14-3-5-19(24)18(22)10-14/h2-5,10-11,16,20H,6-9,12-13H2,1H3,(H,29,30).